The molecule has 2 atom stereocenters. The third-order valence-corrected chi connectivity index (χ3v) is 3.62. The molecule has 0 saturated heterocycles. The highest BCUT2D eigenvalue weighted by Gasteiger charge is 2.34. The number of rotatable bonds is 3. The molecule has 4 heteroatoms. The molecule has 0 aliphatic heterocycles. The predicted molar refractivity (Wildman–Crippen MR) is 63.7 cm³/mol. The highest BCUT2D eigenvalue weighted by molar-refractivity contribution is 6.10. The predicted octanol–water partition coefficient (Wildman–Crippen LogP) is 2.00. The molecule has 1 saturated carbocycles. The first kappa shape index (κ1) is 12.0. The van der Waals surface area contributed by atoms with Gasteiger partial charge in [-0.1, -0.05) is 13.3 Å². The molecule has 2 rings (SSSR count). The normalized spacial score (nSPS) is 24.9. The molecule has 1 fully saturated rings. The second-order valence-corrected chi connectivity index (χ2v) is 4.81. The van der Waals surface area contributed by atoms with Gasteiger partial charge in [0.25, 0.3) is 0 Å². The summed E-state index contributed by atoms with van der Waals surface area (Å²) >= 11 is 0. The van der Waals surface area contributed by atoms with Crippen LogP contribution in [0.25, 0.3) is 0 Å². The number of nitrogens with zero attached hydrogens (tertiary/aromatic N) is 2. The van der Waals surface area contributed by atoms with Crippen molar-refractivity contribution in [3.05, 3.63) is 18.0 Å². The van der Waals surface area contributed by atoms with Crippen molar-refractivity contribution in [3.63, 3.8) is 0 Å². The first-order chi connectivity index (χ1) is 8.11. The summed E-state index contributed by atoms with van der Waals surface area (Å²) in [6.07, 6.45) is 4.95. The van der Waals surface area contributed by atoms with Gasteiger partial charge in [0.1, 0.15) is 11.5 Å². The number of Topliss-reactive ketones (excluding diaryl/α,β-unsaturated/α-hetero) is 2. The lowest BCUT2D eigenvalue weighted by atomic mass is 9.77. The topological polar surface area (TPSA) is 52.0 Å². The monoisotopic (exact) mass is 234 g/mol. The van der Waals surface area contributed by atoms with Crippen LogP contribution in [0.15, 0.2) is 12.3 Å². The molecule has 0 amide bonds. The third kappa shape index (κ3) is 2.46. The van der Waals surface area contributed by atoms with Crippen molar-refractivity contribution in [2.75, 3.05) is 0 Å². The highest BCUT2D eigenvalue weighted by Crippen LogP contribution is 2.30. The second kappa shape index (κ2) is 4.82. The SMILES string of the molecule is CCC1CCC(=O)C(C(=O)c2ccn(C)n2)C1. The van der Waals surface area contributed by atoms with E-state index >= 15 is 0 Å². The lowest BCUT2D eigenvalue weighted by molar-refractivity contribution is -0.123. The minimum absolute atomic E-state index is 0.0883. The van der Waals surface area contributed by atoms with Crippen LogP contribution in [-0.4, -0.2) is 21.3 Å². The minimum atomic E-state index is -0.455. The Bertz CT molecular complexity index is 436. The van der Waals surface area contributed by atoms with Gasteiger partial charge in [0.15, 0.2) is 5.78 Å². The molecule has 17 heavy (non-hydrogen) atoms. The molecule has 1 aromatic rings. The zero-order valence-electron chi connectivity index (χ0n) is 10.3. The maximum absolute atomic E-state index is 12.2. The number of ketones is 2. The van der Waals surface area contributed by atoms with E-state index in [0.29, 0.717) is 24.5 Å². The quantitative estimate of drug-likeness (QED) is 0.593. The van der Waals surface area contributed by atoms with Gasteiger partial charge in [0, 0.05) is 19.7 Å². The Labute approximate surface area is 101 Å². The Morgan fingerprint density at radius 1 is 1.59 bits per heavy atom. The van der Waals surface area contributed by atoms with Crippen molar-refractivity contribution >= 4 is 11.6 Å². The van der Waals surface area contributed by atoms with Crippen LogP contribution in [0.1, 0.15) is 43.1 Å². The molecule has 1 aliphatic rings. The largest absolute Gasteiger partial charge is 0.299 e. The van der Waals surface area contributed by atoms with Gasteiger partial charge in [-0.15, -0.1) is 0 Å². The van der Waals surface area contributed by atoms with E-state index in [1.165, 1.54) is 0 Å². The molecular weight excluding hydrogens is 216 g/mol. The van der Waals surface area contributed by atoms with Crippen molar-refractivity contribution in [3.8, 4) is 0 Å². The van der Waals surface area contributed by atoms with Crippen LogP contribution in [0.3, 0.4) is 0 Å². The molecule has 1 aromatic heterocycles. The number of hydrogen-bond donors (Lipinski definition) is 0. The molecular formula is C13H18N2O2. The van der Waals surface area contributed by atoms with Gasteiger partial charge in [0.2, 0.25) is 0 Å². The number of hydrogen-bond acceptors (Lipinski definition) is 3. The van der Waals surface area contributed by atoms with Crippen LogP contribution in [-0.2, 0) is 11.8 Å². The van der Waals surface area contributed by atoms with Crippen molar-refractivity contribution in [1.82, 2.24) is 9.78 Å². The molecule has 0 aromatic carbocycles. The van der Waals surface area contributed by atoms with Gasteiger partial charge in [-0.25, -0.2) is 0 Å². The van der Waals surface area contributed by atoms with Gasteiger partial charge in [0.05, 0.1) is 5.92 Å². The summed E-state index contributed by atoms with van der Waals surface area (Å²) in [5.41, 5.74) is 0.419. The first-order valence-corrected chi connectivity index (χ1v) is 6.18. The Kier molecular flexibility index (Phi) is 3.41. The van der Waals surface area contributed by atoms with Crippen molar-refractivity contribution in [2.45, 2.75) is 32.6 Å². The van der Waals surface area contributed by atoms with Crippen molar-refractivity contribution in [2.24, 2.45) is 18.9 Å². The fourth-order valence-corrected chi connectivity index (χ4v) is 2.45. The van der Waals surface area contributed by atoms with Crippen LogP contribution < -0.4 is 0 Å². The maximum atomic E-state index is 12.2. The Balaban J connectivity index is 2.14. The summed E-state index contributed by atoms with van der Waals surface area (Å²) in [7, 11) is 1.77. The Morgan fingerprint density at radius 2 is 2.35 bits per heavy atom. The summed E-state index contributed by atoms with van der Waals surface area (Å²) in [6, 6.07) is 1.69. The van der Waals surface area contributed by atoms with E-state index in [4.69, 9.17) is 0 Å². The zero-order valence-corrected chi connectivity index (χ0v) is 10.3. The average Bonchev–Trinajstić information content (AvgIpc) is 2.76. The van der Waals surface area contributed by atoms with Crippen LogP contribution in [0.4, 0.5) is 0 Å². The van der Waals surface area contributed by atoms with Crippen LogP contribution >= 0.6 is 0 Å². The number of aromatic nitrogens is 2. The molecule has 0 N–H and O–H groups in total. The van der Waals surface area contributed by atoms with E-state index in [0.717, 1.165) is 12.8 Å². The number of carbonyl (C=O) groups is 2. The van der Waals surface area contributed by atoms with E-state index in [-0.39, 0.29) is 11.6 Å². The van der Waals surface area contributed by atoms with Crippen molar-refractivity contribution < 1.29 is 9.59 Å². The standard InChI is InChI=1S/C13H18N2O2/c1-3-9-4-5-12(16)10(8-9)13(17)11-6-7-15(2)14-11/h6-7,9-10H,3-5,8H2,1-2H3. The lowest BCUT2D eigenvalue weighted by Gasteiger charge is -2.25. The van der Waals surface area contributed by atoms with E-state index in [1.807, 2.05) is 0 Å². The summed E-state index contributed by atoms with van der Waals surface area (Å²) in [5, 5.41) is 4.09. The summed E-state index contributed by atoms with van der Waals surface area (Å²) in [4.78, 5) is 24.0. The fourth-order valence-electron chi connectivity index (χ4n) is 2.45. The van der Waals surface area contributed by atoms with Crippen LogP contribution in [0, 0.1) is 11.8 Å². The van der Waals surface area contributed by atoms with E-state index < -0.39 is 5.92 Å². The van der Waals surface area contributed by atoms with E-state index in [1.54, 1.807) is 24.0 Å². The average molecular weight is 234 g/mol. The molecule has 1 aliphatic carbocycles. The van der Waals surface area contributed by atoms with Gasteiger partial charge in [-0.3, -0.25) is 14.3 Å². The molecule has 1 heterocycles. The molecule has 0 bridgehead atoms. The number of aryl methyl sites for hydroxylation is 1. The summed E-state index contributed by atoms with van der Waals surface area (Å²) in [5.74, 6) is 0.0352. The highest BCUT2D eigenvalue weighted by atomic mass is 16.2. The molecule has 2 unspecified atom stereocenters. The number of carbonyl (C=O) groups excluding carboxylic acids is 2. The molecule has 4 nitrogen and oxygen atoms in total. The smallest absolute Gasteiger partial charge is 0.193 e. The zero-order chi connectivity index (χ0) is 12.4. The van der Waals surface area contributed by atoms with Crippen LogP contribution in [0.2, 0.25) is 0 Å². The third-order valence-electron chi connectivity index (χ3n) is 3.62. The Morgan fingerprint density at radius 3 is 2.94 bits per heavy atom. The summed E-state index contributed by atoms with van der Waals surface area (Å²) in [6.45, 7) is 2.11. The molecule has 92 valence electrons. The van der Waals surface area contributed by atoms with Crippen molar-refractivity contribution in [1.29, 1.82) is 0 Å². The first-order valence-electron chi connectivity index (χ1n) is 6.18. The van der Waals surface area contributed by atoms with Gasteiger partial charge >= 0.3 is 0 Å². The van der Waals surface area contributed by atoms with Gasteiger partial charge in [-0.05, 0) is 24.8 Å². The molecule has 0 radical (unpaired) electrons. The summed E-state index contributed by atoms with van der Waals surface area (Å²) < 4.78 is 1.60. The maximum Gasteiger partial charge on any atom is 0.193 e. The van der Waals surface area contributed by atoms with Crippen LogP contribution in [0.5, 0.6) is 0 Å². The van der Waals surface area contributed by atoms with E-state index in [2.05, 4.69) is 12.0 Å². The minimum Gasteiger partial charge on any atom is -0.299 e. The second-order valence-electron chi connectivity index (χ2n) is 4.81. The van der Waals surface area contributed by atoms with E-state index in [9.17, 15) is 9.59 Å². The van der Waals surface area contributed by atoms with Gasteiger partial charge in [-0.2, -0.15) is 5.10 Å². The Hall–Kier alpha value is -1.45. The lowest BCUT2D eigenvalue weighted by Crippen LogP contribution is -2.31. The van der Waals surface area contributed by atoms with Gasteiger partial charge < -0.3 is 0 Å². The fraction of sp³-hybridized carbons (Fsp3) is 0.615. The molecule has 0 spiro atoms.